The smallest absolute Gasteiger partial charge is 0.357 e. The van der Waals surface area contributed by atoms with Crippen LogP contribution in [0.2, 0.25) is 0 Å². The zero-order valence-corrected chi connectivity index (χ0v) is 13.2. The fraction of sp³-hybridized carbons (Fsp3) is 0.643. The molecule has 0 saturated heterocycles. The first kappa shape index (κ1) is 16.6. The second kappa shape index (κ2) is 8.68. The number of unbranched alkanes of at least 4 members (excludes halogenated alkanes) is 2. The highest BCUT2D eigenvalue weighted by Crippen LogP contribution is 2.14. The summed E-state index contributed by atoms with van der Waals surface area (Å²) in [6.45, 7) is 6.98. The Bertz CT molecular complexity index is 445. The molecule has 6 heteroatoms. The number of rotatable bonds is 8. The van der Waals surface area contributed by atoms with Crippen LogP contribution in [0.3, 0.4) is 0 Å². The minimum Gasteiger partial charge on any atom is -0.461 e. The van der Waals surface area contributed by atoms with Crippen molar-refractivity contribution >= 4 is 23.2 Å². The van der Waals surface area contributed by atoms with Gasteiger partial charge >= 0.3 is 5.97 Å². The molecular formula is C14H22N2O3S. The number of hydrogen-bond acceptors (Lipinski definition) is 5. The third-order valence-corrected chi connectivity index (χ3v) is 3.67. The van der Waals surface area contributed by atoms with Gasteiger partial charge in [-0.05, 0) is 13.3 Å². The molecule has 1 heterocycles. The maximum Gasteiger partial charge on any atom is 0.357 e. The van der Waals surface area contributed by atoms with Crippen LogP contribution in [-0.4, -0.2) is 34.9 Å². The molecule has 5 nitrogen and oxygen atoms in total. The van der Waals surface area contributed by atoms with Gasteiger partial charge in [0.05, 0.1) is 13.2 Å². The van der Waals surface area contributed by atoms with E-state index in [-0.39, 0.29) is 5.91 Å². The molecule has 0 N–H and O–H groups in total. The number of hydrogen-bond donors (Lipinski definition) is 0. The fourth-order valence-corrected chi connectivity index (χ4v) is 2.52. The molecule has 20 heavy (non-hydrogen) atoms. The van der Waals surface area contributed by atoms with E-state index < -0.39 is 5.97 Å². The first-order valence-electron chi connectivity index (χ1n) is 6.95. The summed E-state index contributed by atoms with van der Waals surface area (Å²) >= 11 is 1.38. The van der Waals surface area contributed by atoms with Crippen molar-refractivity contribution in [3.8, 4) is 0 Å². The molecule has 112 valence electrons. The second-order valence-electron chi connectivity index (χ2n) is 4.49. The molecule has 0 spiro atoms. The topological polar surface area (TPSA) is 59.5 Å². The number of nitrogens with zero attached hydrogens (tertiary/aromatic N) is 2. The van der Waals surface area contributed by atoms with Crippen molar-refractivity contribution in [3.05, 3.63) is 16.1 Å². The lowest BCUT2D eigenvalue weighted by Crippen LogP contribution is -2.29. The molecule has 0 atom stereocenters. The van der Waals surface area contributed by atoms with Crippen LogP contribution >= 0.6 is 11.3 Å². The highest BCUT2D eigenvalue weighted by Gasteiger charge is 2.15. The quantitative estimate of drug-likeness (QED) is 0.547. The highest BCUT2D eigenvalue weighted by atomic mass is 32.1. The molecule has 0 unspecified atom stereocenters. The van der Waals surface area contributed by atoms with Crippen LogP contribution in [0.5, 0.6) is 0 Å². The van der Waals surface area contributed by atoms with E-state index in [1.807, 2.05) is 0 Å². The number of esters is 1. The SMILES string of the molecule is CCCCCN(Cc1nc(C(=O)OCC)cs1)C(C)=O. The van der Waals surface area contributed by atoms with Crippen LogP contribution in [0, 0.1) is 0 Å². The monoisotopic (exact) mass is 298 g/mol. The van der Waals surface area contributed by atoms with Gasteiger partial charge in [0.1, 0.15) is 5.01 Å². The van der Waals surface area contributed by atoms with E-state index >= 15 is 0 Å². The third kappa shape index (κ3) is 5.28. The number of carbonyl (C=O) groups excluding carboxylic acids is 2. The van der Waals surface area contributed by atoms with Gasteiger partial charge < -0.3 is 9.64 Å². The molecule has 1 aromatic heterocycles. The lowest BCUT2D eigenvalue weighted by Gasteiger charge is -2.19. The summed E-state index contributed by atoms with van der Waals surface area (Å²) in [5.41, 5.74) is 0.323. The summed E-state index contributed by atoms with van der Waals surface area (Å²) in [6.07, 6.45) is 3.22. The second-order valence-corrected chi connectivity index (χ2v) is 5.44. The highest BCUT2D eigenvalue weighted by molar-refractivity contribution is 7.09. The minimum absolute atomic E-state index is 0.0361. The van der Waals surface area contributed by atoms with Gasteiger partial charge in [-0.25, -0.2) is 9.78 Å². The molecule has 1 rings (SSSR count). The maximum absolute atomic E-state index is 11.6. The Morgan fingerprint density at radius 3 is 2.70 bits per heavy atom. The van der Waals surface area contributed by atoms with Crippen molar-refractivity contribution in [1.29, 1.82) is 0 Å². The summed E-state index contributed by atoms with van der Waals surface area (Å²) in [6, 6.07) is 0. The van der Waals surface area contributed by atoms with Gasteiger partial charge in [-0.3, -0.25) is 4.79 Å². The van der Waals surface area contributed by atoms with E-state index in [4.69, 9.17) is 4.74 Å². The Balaban J connectivity index is 2.60. The number of carbonyl (C=O) groups is 2. The van der Waals surface area contributed by atoms with Crippen LogP contribution < -0.4 is 0 Å². The third-order valence-electron chi connectivity index (χ3n) is 2.84. The van der Waals surface area contributed by atoms with Crippen LogP contribution in [0.4, 0.5) is 0 Å². The van der Waals surface area contributed by atoms with Gasteiger partial charge in [0.25, 0.3) is 0 Å². The number of aromatic nitrogens is 1. The van der Waals surface area contributed by atoms with Crippen molar-refractivity contribution < 1.29 is 14.3 Å². The molecule has 0 aromatic carbocycles. The summed E-state index contributed by atoms with van der Waals surface area (Å²) in [7, 11) is 0. The van der Waals surface area contributed by atoms with Gasteiger partial charge in [-0.2, -0.15) is 0 Å². The molecule has 0 fully saturated rings. The van der Waals surface area contributed by atoms with Crippen LogP contribution in [-0.2, 0) is 16.1 Å². The minimum atomic E-state index is -0.407. The Hall–Kier alpha value is -1.43. The maximum atomic E-state index is 11.6. The van der Waals surface area contributed by atoms with Crippen LogP contribution in [0.1, 0.15) is 55.5 Å². The van der Waals surface area contributed by atoms with Gasteiger partial charge in [0.15, 0.2) is 5.69 Å². The van der Waals surface area contributed by atoms with Crippen molar-refractivity contribution in [2.45, 2.75) is 46.6 Å². The van der Waals surface area contributed by atoms with Gasteiger partial charge in [0, 0.05) is 18.8 Å². The first-order valence-corrected chi connectivity index (χ1v) is 7.83. The largest absolute Gasteiger partial charge is 0.461 e. The van der Waals surface area contributed by atoms with E-state index in [1.165, 1.54) is 11.3 Å². The molecule has 0 aliphatic carbocycles. The van der Waals surface area contributed by atoms with E-state index in [1.54, 1.807) is 24.1 Å². The van der Waals surface area contributed by atoms with Gasteiger partial charge in [-0.15, -0.1) is 11.3 Å². The lowest BCUT2D eigenvalue weighted by atomic mass is 10.2. The molecular weight excluding hydrogens is 276 g/mol. The predicted molar refractivity (Wildman–Crippen MR) is 78.7 cm³/mol. The van der Waals surface area contributed by atoms with E-state index in [9.17, 15) is 9.59 Å². The first-order chi connectivity index (χ1) is 9.58. The Morgan fingerprint density at radius 2 is 2.10 bits per heavy atom. The van der Waals surface area contributed by atoms with Crippen molar-refractivity contribution in [2.75, 3.05) is 13.2 Å². The molecule has 0 bridgehead atoms. The summed E-state index contributed by atoms with van der Waals surface area (Å²) in [4.78, 5) is 29.1. The van der Waals surface area contributed by atoms with Crippen LogP contribution in [0.25, 0.3) is 0 Å². The molecule has 0 saturated carbocycles. The number of thiazole rings is 1. The van der Waals surface area contributed by atoms with Crippen LogP contribution in [0.15, 0.2) is 5.38 Å². The molecule has 0 aliphatic heterocycles. The van der Waals surface area contributed by atoms with Crippen molar-refractivity contribution in [1.82, 2.24) is 9.88 Å². The van der Waals surface area contributed by atoms with E-state index in [2.05, 4.69) is 11.9 Å². The van der Waals surface area contributed by atoms with Gasteiger partial charge in [-0.1, -0.05) is 19.8 Å². The lowest BCUT2D eigenvalue weighted by molar-refractivity contribution is -0.129. The predicted octanol–water partition coefficient (Wildman–Crippen LogP) is 2.86. The van der Waals surface area contributed by atoms with E-state index in [0.717, 1.165) is 30.8 Å². The zero-order chi connectivity index (χ0) is 15.0. The van der Waals surface area contributed by atoms with Crippen molar-refractivity contribution in [3.63, 3.8) is 0 Å². The normalized spacial score (nSPS) is 10.3. The molecule has 0 radical (unpaired) electrons. The molecule has 1 aromatic rings. The number of ether oxygens (including phenoxy) is 1. The molecule has 0 aliphatic rings. The summed E-state index contributed by atoms with van der Waals surface area (Å²) < 4.78 is 4.90. The van der Waals surface area contributed by atoms with E-state index in [0.29, 0.717) is 18.8 Å². The summed E-state index contributed by atoms with van der Waals surface area (Å²) in [5, 5.41) is 2.44. The van der Waals surface area contributed by atoms with Gasteiger partial charge in [0.2, 0.25) is 5.91 Å². The standard InChI is InChI=1S/C14H22N2O3S/c1-4-6-7-8-16(11(3)17)9-13-15-12(10-20-13)14(18)19-5-2/h10H,4-9H2,1-3H3. The Kier molecular flexibility index (Phi) is 7.22. The average molecular weight is 298 g/mol. The number of amides is 1. The average Bonchev–Trinajstić information content (AvgIpc) is 2.86. The Labute approximate surface area is 124 Å². The summed E-state index contributed by atoms with van der Waals surface area (Å²) in [5.74, 6) is -0.371. The molecule has 1 amide bonds. The Morgan fingerprint density at radius 1 is 1.35 bits per heavy atom. The fourth-order valence-electron chi connectivity index (χ4n) is 1.75. The zero-order valence-electron chi connectivity index (χ0n) is 12.3. The van der Waals surface area contributed by atoms with Crippen molar-refractivity contribution in [2.24, 2.45) is 0 Å².